The largest absolute Gasteiger partial charge is 0.449 e. The normalized spacial score (nSPS) is 31.0. The summed E-state index contributed by atoms with van der Waals surface area (Å²) in [5, 5.41) is 28.0. The van der Waals surface area contributed by atoms with Gasteiger partial charge in [0.15, 0.2) is 18.1 Å². The lowest BCUT2D eigenvalue weighted by atomic mass is 9.86. The molecule has 0 aliphatic carbocycles. The van der Waals surface area contributed by atoms with Gasteiger partial charge in [0.1, 0.15) is 19.2 Å². The highest BCUT2D eigenvalue weighted by atomic mass is 16.6. The van der Waals surface area contributed by atoms with Gasteiger partial charge in [-0.15, -0.1) is 0 Å². The molecule has 0 unspecified atom stereocenters. The minimum Gasteiger partial charge on any atom is -0.449 e. The Morgan fingerprint density at radius 3 is 2.63 bits per heavy atom. The standard InChI is InChI=1S/C17H21N7O6/c18-13-22-11-9(7-29-15(20)26)21-14(19)24-6-10(17(27,28)16(11,24)23-13)30-12(25)8-4-2-1-3-5-8/h1-5,9-11,27-28H,6-7H2,(H7,18,19,20,21,22,23,26)/p+1/t9-,10-,11-,16-/m0/s1. The Kier molecular flexibility index (Phi) is 4.43. The van der Waals surface area contributed by atoms with Crippen LogP contribution in [0.5, 0.6) is 0 Å². The maximum atomic E-state index is 12.5. The van der Waals surface area contributed by atoms with Crippen LogP contribution in [0.25, 0.3) is 0 Å². The molecule has 3 heterocycles. The number of rotatable bonds is 4. The van der Waals surface area contributed by atoms with Crippen molar-refractivity contribution in [2.45, 2.75) is 29.6 Å². The highest BCUT2D eigenvalue weighted by Gasteiger charge is 2.76. The van der Waals surface area contributed by atoms with E-state index < -0.39 is 41.7 Å². The van der Waals surface area contributed by atoms with Crippen LogP contribution in [0.2, 0.25) is 0 Å². The lowest BCUT2D eigenvalue weighted by Crippen LogP contribution is -2.78. The first-order valence-electron chi connectivity index (χ1n) is 9.08. The summed E-state index contributed by atoms with van der Waals surface area (Å²) in [5.74, 6) is -3.47. The number of ether oxygens (including phenoxy) is 2. The summed E-state index contributed by atoms with van der Waals surface area (Å²) in [6, 6.07) is 6.36. The second-order valence-corrected chi connectivity index (χ2v) is 7.21. The van der Waals surface area contributed by atoms with Crippen molar-refractivity contribution in [3.63, 3.8) is 0 Å². The Balaban J connectivity index is 1.68. The molecule has 1 aromatic carbocycles. The van der Waals surface area contributed by atoms with E-state index in [1.807, 2.05) is 0 Å². The summed E-state index contributed by atoms with van der Waals surface area (Å²) in [5.41, 5.74) is 15.4. The zero-order valence-electron chi connectivity index (χ0n) is 15.7. The monoisotopic (exact) mass is 420 g/mol. The number of hydrogen-bond donors (Lipinski definition) is 7. The van der Waals surface area contributed by atoms with E-state index in [0.717, 1.165) is 0 Å². The fourth-order valence-corrected chi connectivity index (χ4v) is 4.17. The molecule has 4 atom stereocenters. The van der Waals surface area contributed by atoms with E-state index >= 15 is 0 Å². The molecule has 0 aromatic heterocycles. The molecule has 0 bridgehead atoms. The van der Waals surface area contributed by atoms with Crippen LogP contribution in [0, 0.1) is 0 Å². The van der Waals surface area contributed by atoms with Crippen LogP contribution in [-0.4, -0.2) is 81.6 Å². The number of amides is 1. The third-order valence-electron chi connectivity index (χ3n) is 5.48. The molecule has 3 aliphatic rings. The first-order chi connectivity index (χ1) is 14.2. The molecule has 160 valence electrons. The molecule has 1 fully saturated rings. The number of esters is 1. The Morgan fingerprint density at radius 1 is 1.27 bits per heavy atom. The Labute approximate surface area is 170 Å². The fraction of sp³-hybridized carbons (Fsp3) is 0.412. The Hall–Kier alpha value is -3.58. The van der Waals surface area contributed by atoms with Crippen LogP contribution in [0.15, 0.2) is 35.3 Å². The number of benzene rings is 1. The summed E-state index contributed by atoms with van der Waals surface area (Å²) in [6.45, 7) is -0.431. The number of aliphatic imine (C=N–C) groups is 1. The van der Waals surface area contributed by atoms with Gasteiger partial charge in [-0.1, -0.05) is 18.2 Å². The van der Waals surface area contributed by atoms with Crippen LogP contribution in [-0.2, 0) is 9.47 Å². The van der Waals surface area contributed by atoms with Crippen LogP contribution in [0.1, 0.15) is 10.4 Å². The van der Waals surface area contributed by atoms with Crippen LogP contribution in [0.3, 0.4) is 0 Å². The number of aliphatic hydroxyl groups is 2. The molecule has 30 heavy (non-hydrogen) atoms. The molecule has 1 spiro atoms. The summed E-state index contributed by atoms with van der Waals surface area (Å²) < 4.78 is 11.6. The topological polar surface area (TPSA) is 211 Å². The minimum atomic E-state index is -2.66. The van der Waals surface area contributed by atoms with Gasteiger partial charge < -0.3 is 36.5 Å². The third-order valence-corrected chi connectivity index (χ3v) is 5.48. The molecular formula is C17H22N7O6+. The Morgan fingerprint density at radius 2 is 1.97 bits per heavy atom. The van der Waals surface area contributed by atoms with Gasteiger partial charge in [-0.25, -0.2) is 19.2 Å². The quantitative estimate of drug-likeness (QED) is 0.144. The van der Waals surface area contributed by atoms with Crippen molar-refractivity contribution in [2.24, 2.45) is 22.2 Å². The first kappa shape index (κ1) is 19.7. The van der Waals surface area contributed by atoms with Gasteiger partial charge in [0.25, 0.3) is 5.79 Å². The molecule has 13 nitrogen and oxygen atoms in total. The van der Waals surface area contributed by atoms with Crippen LogP contribution < -0.4 is 27.8 Å². The fourth-order valence-electron chi connectivity index (χ4n) is 4.17. The zero-order valence-corrected chi connectivity index (χ0v) is 15.7. The number of hydrogen-bond acceptors (Lipinski definition) is 11. The molecule has 1 saturated heterocycles. The highest BCUT2D eigenvalue weighted by Crippen LogP contribution is 2.42. The molecule has 1 aromatic rings. The van der Waals surface area contributed by atoms with E-state index in [-0.39, 0.29) is 30.6 Å². The van der Waals surface area contributed by atoms with Crippen LogP contribution >= 0.6 is 0 Å². The van der Waals surface area contributed by atoms with Crippen molar-refractivity contribution in [1.82, 2.24) is 10.6 Å². The summed E-state index contributed by atoms with van der Waals surface area (Å²) in [6.07, 6.45) is -2.42. The molecular weight excluding hydrogens is 398 g/mol. The van der Waals surface area contributed by atoms with Crippen molar-refractivity contribution < 1.29 is 33.9 Å². The van der Waals surface area contributed by atoms with Crippen molar-refractivity contribution >= 4 is 24.0 Å². The molecule has 10 N–H and O–H groups in total. The molecule has 3 aliphatic heterocycles. The van der Waals surface area contributed by atoms with Gasteiger partial charge in [-0.2, -0.15) is 0 Å². The maximum absolute atomic E-state index is 12.5. The van der Waals surface area contributed by atoms with E-state index in [1.165, 1.54) is 16.7 Å². The van der Waals surface area contributed by atoms with Gasteiger partial charge in [-0.3, -0.25) is 11.1 Å². The SMILES string of the molecule is NC(=O)OC[C@@H]1NC(N)=[N+]2C[C@H](OC(=O)c3ccccc3)C(O)(O)[C@@]23NC(N)=N[C@@H]13. The van der Waals surface area contributed by atoms with Crippen LogP contribution in [0.4, 0.5) is 4.79 Å². The van der Waals surface area contributed by atoms with E-state index in [9.17, 15) is 19.8 Å². The minimum absolute atomic E-state index is 0.0208. The predicted molar refractivity (Wildman–Crippen MR) is 101 cm³/mol. The van der Waals surface area contributed by atoms with E-state index in [1.54, 1.807) is 18.2 Å². The molecule has 0 radical (unpaired) electrons. The van der Waals surface area contributed by atoms with E-state index in [2.05, 4.69) is 15.6 Å². The average Bonchev–Trinajstić information content (AvgIpc) is 3.16. The van der Waals surface area contributed by atoms with E-state index in [4.69, 9.17) is 26.7 Å². The Bertz CT molecular complexity index is 949. The summed E-state index contributed by atoms with van der Waals surface area (Å²) in [7, 11) is 0. The molecule has 13 heteroatoms. The smallest absolute Gasteiger partial charge is 0.404 e. The number of nitrogens with one attached hydrogen (secondary N) is 2. The number of primary amides is 1. The number of nitrogens with two attached hydrogens (primary N) is 3. The van der Waals surface area contributed by atoms with Gasteiger partial charge >= 0.3 is 18.0 Å². The van der Waals surface area contributed by atoms with Gasteiger partial charge in [0.2, 0.25) is 5.66 Å². The zero-order chi connectivity index (χ0) is 21.7. The van der Waals surface area contributed by atoms with Crippen molar-refractivity contribution in [1.29, 1.82) is 0 Å². The van der Waals surface area contributed by atoms with Crippen molar-refractivity contribution in [3.05, 3.63) is 35.9 Å². The second-order valence-electron chi connectivity index (χ2n) is 7.21. The molecule has 1 amide bonds. The van der Waals surface area contributed by atoms with Gasteiger partial charge in [0.05, 0.1) is 5.56 Å². The summed E-state index contributed by atoms with van der Waals surface area (Å²) in [4.78, 5) is 27.8. The predicted octanol–water partition coefficient (Wildman–Crippen LogP) is -3.72. The maximum Gasteiger partial charge on any atom is 0.404 e. The van der Waals surface area contributed by atoms with Crippen molar-refractivity contribution in [3.8, 4) is 0 Å². The molecule has 4 rings (SSSR count). The average molecular weight is 420 g/mol. The molecule has 0 saturated carbocycles. The van der Waals surface area contributed by atoms with Gasteiger partial charge in [0, 0.05) is 0 Å². The van der Waals surface area contributed by atoms with Gasteiger partial charge in [-0.05, 0) is 12.1 Å². The highest BCUT2D eigenvalue weighted by molar-refractivity contribution is 5.89. The number of carbonyl (C=O) groups is 2. The number of guanidine groups is 2. The van der Waals surface area contributed by atoms with Crippen molar-refractivity contribution in [2.75, 3.05) is 13.2 Å². The van der Waals surface area contributed by atoms with E-state index in [0.29, 0.717) is 0 Å². The second kappa shape index (κ2) is 6.74. The third kappa shape index (κ3) is 2.78. The first-order valence-corrected chi connectivity index (χ1v) is 9.08. The lowest BCUT2D eigenvalue weighted by molar-refractivity contribution is -0.623. The number of nitrogens with zero attached hydrogens (tertiary/aromatic N) is 2. The summed E-state index contributed by atoms with van der Waals surface area (Å²) >= 11 is 0. The lowest BCUT2D eigenvalue weighted by Gasteiger charge is -2.43. The number of carbonyl (C=O) groups excluding carboxylic acids is 2.